The Morgan fingerprint density at radius 3 is 2.76 bits per heavy atom. The van der Waals surface area contributed by atoms with E-state index in [-0.39, 0.29) is 11.9 Å². The Balaban J connectivity index is 2.04. The van der Waals surface area contributed by atoms with Crippen LogP contribution in [0.2, 0.25) is 5.02 Å². The summed E-state index contributed by atoms with van der Waals surface area (Å²) >= 11 is 5.99. The van der Waals surface area contributed by atoms with Gasteiger partial charge < -0.3 is 10.5 Å². The summed E-state index contributed by atoms with van der Waals surface area (Å²) in [6.07, 6.45) is 2.40. The molecule has 0 saturated carbocycles. The van der Waals surface area contributed by atoms with Crippen molar-refractivity contribution in [2.75, 3.05) is 13.2 Å². The number of nitrogens with two attached hydrogens (primary N) is 1. The molecule has 1 fully saturated rings. The minimum absolute atomic E-state index is 0.0479. The molecule has 0 aromatic heterocycles. The van der Waals surface area contributed by atoms with Crippen molar-refractivity contribution in [3.8, 4) is 0 Å². The Hall–Kier alpha value is -0.640. The molecule has 0 amide bonds. The van der Waals surface area contributed by atoms with Crippen LogP contribution >= 0.6 is 11.6 Å². The van der Waals surface area contributed by atoms with E-state index < -0.39 is 0 Å². The molecule has 1 aromatic carbocycles. The minimum Gasteiger partial charge on any atom is -0.381 e. The highest BCUT2D eigenvalue weighted by Crippen LogP contribution is 2.25. The van der Waals surface area contributed by atoms with Crippen molar-refractivity contribution in [3.05, 3.63) is 34.6 Å². The number of hydrogen-bond donors (Lipinski definition) is 1. The zero-order valence-electron chi connectivity index (χ0n) is 9.66. The van der Waals surface area contributed by atoms with E-state index in [9.17, 15) is 4.39 Å². The molecule has 0 aliphatic carbocycles. The molecular formula is C13H17ClFNO. The van der Waals surface area contributed by atoms with E-state index in [4.69, 9.17) is 22.1 Å². The molecule has 0 radical (unpaired) electrons. The van der Waals surface area contributed by atoms with Crippen molar-refractivity contribution >= 4 is 11.6 Å². The van der Waals surface area contributed by atoms with Crippen LogP contribution in [0.3, 0.4) is 0 Å². The molecule has 1 unspecified atom stereocenters. The van der Waals surface area contributed by atoms with E-state index >= 15 is 0 Å². The number of ether oxygens (including phenoxy) is 1. The molecule has 0 spiro atoms. The van der Waals surface area contributed by atoms with Gasteiger partial charge in [0.25, 0.3) is 0 Å². The van der Waals surface area contributed by atoms with Gasteiger partial charge in [0.1, 0.15) is 5.82 Å². The van der Waals surface area contributed by atoms with Crippen LogP contribution in [-0.2, 0) is 11.2 Å². The summed E-state index contributed by atoms with van der Waals surface area (Å²) in [5.41, 5.74) is 6.67. The third-order valence-electron chi connectivity index (χ3n) is 3.37. The second-order valence-corrected chi connectivity index (χ2v) is 4.93. The highest BCUT2D eigenvalue weighted by Gasteiger charge is 2.22. The first-order valence-electron chi connectivity index (χ1n) is 5.94. The summed E-state index contributed by atoms with van der Waals surface area (Å²) in [6.45, 7) is 1.51. The molecule has 1 aliphatic rings. The van der Waals surface area contributed by atoms with Crippen LogP contribution in [0.5, 0.6) is 0 Å². The Bertz CT molecular complexity index is 359. The van der Waals surface area contributed by atoms with Crippen molar-refractivity contribution in [1.29, 1.82) is 0 Å². The van der Waals surface area contributed by atoms with Crippen LogP contribution in [0.4, 0.5) is 4.39 Å². The predicted molar refractivity (Wildman–Crippen MR) is 66.6 cm³/mol. The maximum Gasteiger partial charge on any atom is 0.127 e. The molecule has 1 aliphatic heterocycles. The van der Waals surface area contributed by atoms with Gasteiger partial charge in [-0.3, -0.25) is 0 Å². The number of hydrogen-bond acceptors (Lipinski definition) is 2. The van der Waals surface area contributed by atoms with Gasteiger partial charge in [-0.15, -0.1) is 0 Å². The SMILES string of the molecule is NC(Cc1c(F)cccc1Cl)C1CCOCC1. The predicted octanol–water partition coefficient (Wildman–Crippen LogP) is 2.78. The molecule has 2 rings (SSSR count). The average molecular weight is 258 g/mol. The molecule has 94 valence electrons. The summed E-state index contributed by atoms with van der Waals surface area (Å²) < 4.78 is 18.9. The van der Waals surface area contributed by atoms with Crippen LogP contribution in [0, 0.1) is 11.7 Å². The van der Waals surface area contributed by atoms with E-state index in [1.807, 2.05) is 0 Å². The number of halogens is 2. The Morgan fingerprint density at radius 2 is 2.12 bits per heavy atom. The van der Waals surface area contributed by atoms with Crippen LogP contribution in [0.25, 0.3) is 0 Å². The van der Waals surface area contributed by atoms with Crippen LogP contribution < -0.4 is 5.73 Å². The van der Waals surface area contributed by atoms with Gasteiger partial charge in [0.15, 0.2) is 0 Å². The van der Waals surface area contributed by atoms with E-state index in [0.717, 1.165) is 26.1 Å². The maximum atomic E-state index is 13.6. The lowest BCUT2D eigenvalue weighted by Gasteiger charge is -2.27. The first kappa shape index (κ1) is 12.8. The van der Waals surface area contributed by atoms with Gasteiger partial charge in [-0.1, -0.05) is 17.7 Å². The lowest BCUT2D eigenvalue weighted by Crippen LogP contribution is -2.36. The van der Waals surface area contributed by atoms with Crippen molar-refractivity contribution in [2.45, 2.75) is 25.3 Å². The van der Waals surface area contributed by atoms with Crippen LogP contribution in [0.15, 0.2) is 18.2 Å². The normalized spacial score (nSPS) is 19.2. The van der Waals surface area contributed by atoms with Gasteiger partial charge in [0, 0.05) is 29.8 Å². The third-order valence-corrected chi connectivity index (χ3v) is 3.73. The number of benzene rings is 1. The van der Waals surface area contributed by atoms with E-state index in [1.165, 1.54) is 6.07 Å². The fourth-order valence-electron chi connectivity index (χ4n) is 2.27. The average Bonchev–Trinajstić information content (AvgIpc) is 2.35. The topological polar surface area (TPSA) is 35.2 Å². The highest BCUT2D eigenvalue weighted by molar-refractivity contribution is 6.31. The second kappa shape index (κ2) is 5.80. The molecule has 17 heavy (non-hydrogen) atoms. The summed E-state index contributed by atoms with van der Waals surface area (Å²) in [5.74, 6) is 0.138. The van der Waals surface area contributed by atoms with E-state index in [2.05, 4.69) is 0 Å². The zero-order chi connectivity index (χ0) is 12.3. The molecule has 2 nitrogen and oxygen atoms in total. The Kier molecular flexibility index (Phi) is 4.37. The van der Waals surface area contributed by atoms with Crippen LogP contribution in [-0.4, -0.2) is 19.3 Å². The molecule has 1 heterocycles. The lowest BCUT2D eigenvalue weighted by atomic mass is 9.88. The van der Waals surface area contributed by atoms with Crippen LogP contribution in [0.1, 0.15) is 18.4 Å². The summed E-state index contributed by atoms with van der Waals surface area (Å²) in [7, 11) is 0. The van der Waals surface area contributed by atoms with Gasteiger partial charge in [0.05, 0.1) is 0 Å². The lowest BCUT2D eigenvalue weighted by molar-refractivity contribution is 0.0584. The van der Waals surface area contributed by atoms with Crippen molar-refractivity contribution in [2.24, 2.45) is 11.7 Å². The fourth-order valence-corrected chi connectivity index (χ4v) is 2.51. The molecule has 1 saturated heterocycles. The van der Waals surface area contributed by atoms with E-state index in [1.54, 1.807) is 12.1 Å². The first-order valence-corrected chi connectivity index (χ1v) is 6.32. The summed E-state index contributed by atoms with van der Waals surface area (Å²) in [5, 5.41) is 0.465. The molecule has 1 aromatic rings. The zero-order valence-corrected chi connectivity index (χ0v) is 10.4. The summed E-state index contributed by atoms with van der Waals surface area (Å²) in [4.78, 5) is 0. The minimum atomic E-state index is -0.264. The fraction of sp³-hybridized carbons (Fsp3) is 0.538. The Morgan fingerprint density at radius 1 is 1.41 bits per heavy atom. The molecule has 4 heteroatoms. The molecule has 2 N–H and O–H groups in total. The molecular weight excluding hydrogens is 241 g/mol. The van der Waals surface area contributed by atoms with Gasteiger partial charge in [-0.25, -0.2) is 4.39 Å². The van der Waals surface area contributed by atoms with E-state index in [0.29, 0.717) is 22.9 Å². The standard InChI is InChI=1S/C13H17ClFNO/c14-11-2-1-3-12(15)10(11)8-13(16)9-4-6-17-7-5-9/h1-3,9,13H,4-8,16H2. The molecule has 1 atom stereocenters. The second-order valence-electron chi connectivity index (χ2n) is 4.52. The maximum absolute atomic E-state index is 13.6. The van der Waals surface area contributed by atoms with Crippen molar-refractivity contribution in [1.82, 2.24) is 0 Å². The first-order chi connectivity index (χ1) is 8.18. The van der Waals surface area contributed by atoms with Gasteiger partial charge in [0.2, 0.25) is 0 Å². The van der Waals surface area contributed by atoms with Gasteiger partial charge in [-0.05, 0) is 37.3 Å². The quantitative estimate of drug-likeness (QED) is 0.904. The van der Waals surface area contributed by atoms with Gasteiger partial charge >= 0.3 is 0 Å². The highest BCUT2D eigenvalue weighted by atomic mass is 35.5. The van der Waals surface area contributed by atoms with Crippen molar-refractivity contribution in [3.63, 3.8) is 0 Å². The smallest absolute Gasteiger partial charge is 0.127 e. The van der Waals surface area contributed by atoms with Gasteiger partial charge in [-0.2, -0.15) is 0 Å². The summed E-state index contributed by atoms with van der Waals surface area (Å²) in [6, 6.07) is 4.70. The van der Waals surface area contributed by atoms with Crippen molar-refractivity contribution < 1.29 is 9.13 Å². The third kappa shape index (κ3) is 3.18. The Labute approximate surface area is 106 Å². The monoisotopic (exact) mass is 257 g/mol. The number of rotatable bonds is 3. The molecule has 0 bridgehead atoms. The largest absolute Gasteiger partial charge is 0.381 e.